The summed E-state index contributed by atoms with van der Waals surface area (Å²) in [6.07, 6.45) is -4.51. The summed E-state index contributed by atoms with van der Waals surface area (Å²) in [5, 5.41) is 0. The third-order valence-corrected chi connectivity index (χ3v) is 2.69. The molecule has 0 aromatic heterocycles. The lowest BCUT2D eigenvalue weighted by Gasteiger charge is -2.13. The summed E-state index contributed by atoms with van der Waals surface area (Å²) in [5.41, 5.74) is -0.396. The molecule has 0 amide bonds. The Morgan fingerprint density at radius 1 is 1.05 bits per heavy atom. The van der Waals surface area contributed by atoms with Gasteiger partial charge in [0.05, 0.1) is 19.8 Å². The van der Waals surface area contributed by atoms with E-state index in [2.05, 4.69) is 9.47 Å². The minimum atomic E-state index is -4.43. The van der Waals surface area contributed by atoms with Gasteiger partial charge < -0.3 is 9.47 Å². The molecule has 0 saturated heterocycles. The van der Waals surface area contributed by atoms with Crippen LogP contribution < -0.4 is 0 Å². The van der Waals surface area contributed by atoms with E-state index in [0.717, 1.165) is 26.4 Å². The highest BCUT2D eigenvalue weighted by Crippen LogP contribution is 2.29. The molecule has 0 radical (unpaired) electrons. The summed E-state index contributed by atoms with van der Waals surface area (Å²) in [4.78, 5) is 22.9. The van der Waals surface area contributed by atoms with Crippen LogP contribution in [0.15, 0.2) is 24.3 Å². The SMILES string of the molecule is COC(=O)C(Cc1ccc(C(F)(F)F)cc1)C(=O)OC. The highest BCUT2D eigenvalue weighted by atomic mass is 19.4. The van der Waals surface area contributed by atoms with Gasteiger partial charge in [-0.05, 0) is 24.1 Å². The summed E-state index contributed by atoms with van der Waals surface area (Å²) >= 11 is 0. The molecule has 1 rings (SSSR count). The average Bonchev–Trinajstić information content (AvgIpc) is 2.42. The lowest BCUT2D eigenvalue weighted by atomic mass is 9.98. The van der Waals surface area contributed by atoms with Gasteiger partial charge in [-0.1, -0.05) is 12.1 Å². The Labute approximate surface area is 113 Å². The number of hydrogen-bond acceptors (Lipinski definition) is 4. The second-order valence-electron chi connectivity index (χ2n) is 4.00. The zero-order valence-corrected chi connectivity index (χ0v) is 10.9. The van der Waals surface area contributed by atoms with Gasteiger partial charge in [0.15, 0.2) is 5.92 Å². The molecule has 0 spiro atoms. The molecule has 0 unspecified atom stereocenters. The maximum Gasteiger partial charge on any atom is 0.416 e. The number of halogens is 3. The normalized spacial score (nSPS) is 11.3. The maximum atomic E-state index is 12.4. The quantitative estimate of drug-likeness (QED) is 0.630. The Morgan fingerprint density at radius 2 is 1.50 bits per heavy atom. The lowest BCUT2D eigenvalue weighted by molar-refractivity contribution is -0.158. The molecule has 20 heavy (non-hydrogen) atoms. The minimum absolute atomic E-state index is 0.0858. The van der Waals surface area contributed by atoms with Crippen LogP contribution in [0.5, 0.6) is 0 Å². The highest BCUT2D eigenvalue weighted by Gasteiger charge is 2.31. The van der Waals surface area contributed by atoms with E-state index in [1.807, 2.05) is 0 Å². The van der Waals surface area contributed by atoms with Crippen LogP contribution in [-0.2, 0) is 31.7 Å². The molecule has 0 saturated carbocycles. The number of rotatable bonds is 4. The Bertz CT molecular complexity index is 463. The van der Waals surface area contributed by atoms with Crippen molar-refractivity contribution >= 4 is 11.9 Å². The summed E-state index contributed by atoms with van der Waals surface area (Å²) in [6.45, 7) is 0. The van der Waals surface area contributed by atoms with E-state index in [4.69, 9.17) is 0 Å². The van der Waals surface area contributed by atoms with Crippen LogP contribution in [0.4, 0.5) is 13.2 Å². The third-order valence-electron chi connectivity index (χ3n) is 2.69. The predicted molar refractivity (Wildman–Crippen MR) is 62.7 cm³/mol. The van der Waals surface area contributed by atoms with E-state index in [-0.39, 0.29) is 6.42 Å². The van der Waals surface area contributed by atoms with E-state index in [1.54, 1.807) is 0 Å². The number of ether oxygens (including phenoxy) is 2. The first kappa shape index (κ1) is 16.0. The zero-order valence-electron chi connectivity index (χ0n) is 10.9. The fourth-order valence-electron chi connectivity index (χ4n) is 1.61. The van der Waals surface area contributed by atoms with E-state index in [9.17, 15) is 22.8 Å². The average molecular weight is 290 g/mol. The van der Waals surface area contributed by atoms with Gasteiger partial charge in [0.2, 0.25) is 0 Å². The van der Waals surface area contributed by atoms with E-state index in [1.165, 1.54) is 12.1 Å². The van der Waals surface area contributed by atoms with Crippen molar-refractivity contribution in [2.75, 3.05) is 14.2 Å². The van der Waals surface area contributed by atoms with Gasteiger partial charge >= 0.3 is 18.1 Å². The molecule has 0 aliphatic heterocycles. The summed E-state index contributed by atoms with van der Waals surface area (Å²) in [5.74, 6) is -2.78. The standard InChI is InChI=1S/C13H13F3O4/c1-19-11(17)10(12(18)20-2)7-8-3-5-9(6-4-8)13(14,15)16/h3-6,10H,7H2,1-2H3. The van der Waals surface area contributed by atoms with Gasteiger partial charge in [0, 0.05) is 0 Å². The smallest absolute Gasteiger partial charge is 0.416 e. The third kappa shape index (κ3) is 3.97. The predicted octanol–water partition coefficient (Wildman–Crippen LogP) is 2.21. The second kappa shape index (κ2) is 6.40. The monoisotopic (exact) mass is 290 g/mol. The molecule has 7 heteroatoms. The van der Waals surface area contributed by atoms with E-state index >= 15 is 0 Å². The summed E-state index contributed by atoms with van der Waals surface area (Å²) < 4.78 is 46.1. The first-order chi connectivity index (χ1) is 9.29. The van der Waals surface area contributed by atoms with Gasteiger partial charge in [-0.25, -0.2) is 0 Å². The maximum absolute atomic E-state index is 12.4. The Morgan fingerprint density at radius 3 is 1.85 bits per heavy atom. The molecule has 0 atom stereocenters. The largest absolute Gasteiger partial charge is 0.468 e. The number of alkyl halides is 3. The fourth-order valence-corrected chi connectivity index (χ4v) is 1.61. The lowest BCUT2D eigenvalue weighted by Crippen LogP contribution is -2.28. The van der Waals surface area contributed by atoms with Crippen LogP contribution in [0.3, 0.4) is 0 Å². The van der Waals surface area contributed by atoms with Gasteiger partial charge in [-0.15, -0.1) is 0 Å². The molecule has 0 N–H and O–H groups in total. The van der Waals surface area contributed by atoms with Crippen LogP contribution in [-0.4, -0.2) is 26.2 Å². The molecule has 1 aromatic carbocycles. The number of hydrogen-bond donors (Lipinski definition) is 0. The minimum Gasteiger partial charge on any atom is -0.468 e. The zero-order chi connectivity index (χ0) is 15.3. The van der Waals surface area contributed by atoms with Crippen molar-refractivity contribution in [2.24, 2.45) is 5.92 Å². The van der Waals surface area contributed by atoms with Crippen LogP contribution in [0.2, 0.25) is 0 Å². The molecule has 0 bridgehead atoms. The topological polar surface area (TPSA) is 52.6 Å². The van der Waals surface area contributed by atoms with Crippen LogP contribution in [0.25, 0.3) is 0 Å². The number of carbonyl (C=O) groups is 2. The molecular formula is C13H13F3O4. The first-order valence-corrected chi connectivity index (χ1v) is 5.61. The van der Waals surface area contributed by atoms with Crippen molar-refractivity contribution in [2.45, 2.75) is 12.6 Å². The summed E-state index contributed by atoms with van der Waals surface area (Å²) in [7, 11) is 2.23. The van der Waals surface area contributed by atoms with Gasteiger partial charge in [0.1, 0.15) is 0 Å². The van der Waals surface area contributed by atoms with Gasteiger partial charge in [-0.3, -0.25) is 9.59 Å². The van der Waals surface area contributed by atoms with Crippen LogP contribution >= 0.6 is 0 Å². The number of carbonyl (C=O) groups excluding carboxylic acids is 2. The molecule has 0 aliphatic carbocycles. The van der Waals surface area contributed by atoms with E-state index < -0.39 is 29.6 Å². The summed E-state index contributed by atoms with van der Waals surface area (Å²) in [6, 6.07) is 4.20. The first-order valence-electron chi connectivity index (χ1n) is 5.61. The number of esters is 2. The molecule has 0 heterocycles. The highest BCUT2D eigenvalue weighted by molar-refractivity contribution is 5.95. The Kier molecular flexibility index (Phi) is 5.12. The molecule has 1 aromatic rings. The van der Waals surface area contributed by atoms with Crippen LogP contribution in [0, 0.1) is 5.92 Å². The Hall–Kier alpha value is -2.05. The van der Waals surface area contributed by atoms with Crippen molar-refractivity contribution < 1.29 is 32.2 Å². The van der Waals surface area contributed by atoms with Gasteiger partial charge in [0.25, 0.3) is 0 Å². The molecule has 4 nitrogen and oxygen atoms in total. The van der Waals surface area contributed by atoms with E-state index in [0.29, 0.717) is 5.56 Å². The molecule has 0 fully saturated rings. The van der Waals surface area contributed by atoms with Crippen molar-refractivity contribution in [1.29, 1.82) is 0 Å². The molecular weight excluding hydrogens is 277 g/mol. The van der Waals surface area contributed by atoms with Crippen molar-refractivity contribution in [3.05, 3.63) is 35.4 Å². The molecule has 110 valence electrons. The molecule has 0 aliphatic rings. The fraction of sp³-hybridized carbons (Fsp3) is 0.385. The Balaban J connectivity index is 2.89. The van der Waals surface area contributed by atoms with Crippen molar-refractivity contribution in [3.63, 3.8) is 0 Å². The van der Waals surface area contributed by atoms with Crippen molar-refractivity contribution in [3.8, 4) is 0 Å². The number of benzene rings is 1. The van der Waals surface area contributed by atoms with Crippen LogP contribution in [0.1, 0.15) is 11.1 Å². The number of methoxy groups -OCH3 is 2. The second-order valence-corrected chi connectivity index (χ2v) is 4.00. The van der Waals surface area contributed by atoms with Gasteiger partial charge in [-0.2, -0.15) is 13.2 Å². The van der Waals surface area contributed by atoms with Crippen molar-refractivity contribution in [1.82, 2.24) is 0 Å².